The van der Waals surface area contributed by atoms with Gasteiger partial charge in [-0.15, -0.1) is 0 Å². The van der Waals surface area contributed by atoms with Crippen LogP contribution in [0.25, 0.3) is 0 Å². The standard InChI is InChI=1S/C16H20ClF3N4O/c1-22-5-7-23(8-6-22)15(25)13-3-2-4-24(13)14-12(17)9-11(10-21-14)16(18,19)20/h9-10,13H,2-8H2,1H3. The van der Waals surface area contributed by atoms with Crippen LogP contribution in [0.2, 0.25) is 5.02 Å². The van der Waals surface area contributed by atoms with Crippen LogP contribution in [-0.2, 0) is 11.0 Å². The van der Waals surface area contributed by atoms with Crippen molar-refractivity contribution in [1.29, 1.82) is 0 Å². The number of piperazine rings is 1. The number of amides is 1. The third-order valence-electron chi connectivity index (χ3n) is 4.77. The predicted molar refractivity (Wildman–Crippen MR) is 88.7 cm³/mol. The van der Waals surface area contributed by atoms with Crippen molar-refractivity contribution >= 4 is 23.3 Å². The molecule has 1 aromatic heterocycles. The first-order chi connectivity index (χ1) is 11.8. The van der Waals surface area contributed by atoms with Gasteiger partial charge < -0.3 is 14.7 Å². The molecule has 0 radical (unpaired) electrons. The number of pyridine rings is 1. The average Bonchev–Trinajstić information content (AvgIpc) is 3.03. The first-order valence-corrected chi connectivity index (χ1v) is 8.62. The van der Waals surface area contributed by atoms with Gasteiger partial charge in [-0.2, -0.15) is 13.2 Å². The molecule has 3 heterocycles. The van der Waals surface area contributed by atoms with Crippen LogP contribution >= 0.6 is 11.6 Å². The number of nitrogens with zero attached hydrogens (tertiary/aromatic N) is 4. The normalized spacial score (nSPS) is 22.5. The zero-order chi connectivity index (χ0) is 18.2. The molecule has 0 aromatic carbocycles. The van der Waals surface area contributed by atoms with Gasteiger partial charge in [-0.05, 0) is 26.0 Å². The Morgan fingerprint density at radius 3 is 2.52 bits per heavy atom. The lowest BCUT2D eigenvalue weighted by atomic mass is 10.1. The molecule has 0 N–H and O–H groups in total. The van der Waals surface area contributed by atoms with Crippen molar-refractivity contribution in [3.8, 4) is 0 Å². The highest BCUT2D eigenvalue weighted by atomic mass is 35.5. The van der Waals surface area contributed by atoms with Gasteiger partial charge in [0.15, 0.2) is 0 Å². The van der Waals surface area contributed by atoms with E-state index in [2.05, 4.69) is 9.88 Å². The fourth-order valence-corrected chi connectivity index (χ4v) is 3.59. The third kappa shape index (κ3) is 3.84. The number of aromatic nitrogens is 1. The van der Waals surface area contributed by atoms with Crippen LogP contribution in [0.5, 0.6) is 0 Å². The number of likely N-dealkylation sites (N-methyl/N-ethyl adjacent to an activating group) is 1. The van der Waals surface area contributed by atoms with Gasteiger partial charge in [0.05, 0.1) is 10.6 Å². The van der Waals surface area contributed by atoms with E-state index in [4.69, 9.17) is 11.6 Å². The van der Waals surface area contributed by atoms with Gasteiger partial charge in [-0.25, -0.2) is 4.98 Å². The minimum Gasteiger partial charge on any atom is -0.343 e. The maximum atomic E-state index is 12.8. The van der Waals surface area contributed by atoms with Crippen LogP contribution in [0.1, 0.15) is 18.4 Å². The Labute approximate surface area is 149 Å². The number of rotatable bonds is 2. The smallest absolute Gasteiger partial charge is 0.343 e. The summed E-state index contributed by atoms with van der Waals surface area (Å²) in [6, 6.07) is 0.463. The second-order valence-corrected chi connectivity index (χ2v) is 6.91. The second kappa shape index (κ2) is 6.99. The Morgan fingerprint density at radius 1 is 1.24 bits per heavy atom. The number of hydrogen-bond donors (Lipinski definition) is 0. The van der Waals surface area contributed by atoms with Gasteiger partial charge in [0.2, 0.25) is 5.91 Å². The summed E-state index contributed by atoms with van der Waals surface area (Å²) in [5, 5.41) is -0.0760. The summed E-state index contributed by atoms with van der Waals surface area (Å²) in [7, 11) is 2.01. The molecule has 25 heavy (non-hydrogen) atoms. The monoisotopic (exact) mass is 376 g/mol. The van der Waals surface area contributed by atoms with Crippen molar-refractivity contribution in [2.45, 2.75) is 25.1 Å². The van der Waals surface area contributed by atoms with Crippen molar-refractivity contribution in [3.05, 3.63) is 22.8 Å². The molecule has 3 rings (SSSR count). The Kier molecular flexibility index (Phi) is 5.11. The summed E-state index contributed by atoms with van der Waals surface area (Å²) >= 11 is 6.05. The number of carbonyl (C=O) groups excluding carboxylic acids is 1. The molecule has 1 amide bonds. The fraction of sp³-hybridized carbons (Fsp3) is 0.625. The van der Waals surface area contributed by atoms with E-state index in [9.17, 15) is 18.0 Å². The van der Waals surface area contributed by atoms with Crippen LogP contribution < -0.4 is 4.90 Å². The number of hydrogen-bond acceptors (Lipinski definition) is 4. The minimum absolute atomic E-state index is 0.00312. The van der Waals surface area contributed by atoms with E-state index < -0.39 is 17.8 Å². The first kappa shape index (κ1) is 18.3. The zero-order valence-corrected chi connectivity index (χ0v) is 14.6. The Morgan fingerprint density at radius 2 is 1.92 bits per heavy atom. The quantitative estimate of drug-likeness (QED) is 0.795. The van der Waals surface area contributed by atoms with Crippen LogP contribution in [0.4, 0.5) is 19.0 Å². The van der Waals surface area contributed by atoms with Crippen LogP contribution in [0, 0.1) is 0 Å². The summed E-state index contributed by atoms with van der Waals surface area (Å²) in [6.07, 6.45) is -2.28. The Hall–Kier alpha value is -1.54. The van der Waals surface area contributed by atoms with E-state index in [1.807, 2.05) is 11.9 Å². The molecule has 5 nitrogen and oxygen atoms in total. The molecule has 0 spiro atoms. The van der Waals surface area contributed by atoms with Gasteiger partial charge in [0.1, 0.15) is 11.9 Å². The van der Waals surface area contributed by atoms with Gasteiger partial charge in [0, 0.05) is 38.9 Å². The molecular weight excluding hydrogens is 357 g/mol. The molecule has 2 fully saturated rings. The minimum atomic E-state index is -4.49. The summed E-state index contributed by atoms with van der Waals surface area (Å²) in [6.45, 7) is 3.51. The van der Waals surface area contributed by atoms with Gasteiger partial charge in [-0.1, -0.05) is 11.6 Å². The molecule has 2 saturated heterocycles. The van der Waals surface area contributed by atoms with Crippen LogP contribution in [0.3, 0.4) is 0 Å². The molecule has 2 aliphatic heterocycles. The van der Waals surface area contributed by atoms with Gasteiger partial charge >= 0.3 is 6.18 Å². The van der Waals surface area contributed by atoms with Crippen molar-refractivity contribution in [1.82, 2.24) is 14.8 Å². The predicted octanol–water partition coefficient (Wildman–Crippen LogP) is 2.50. The lowest BCUT2D eigenvalue weighted by molar-refractivity contribution is -0.138. The third-order valence-corrected chi connectivity index (χ3v) is 5.05. The van der Waals surface area contributed by atoms with Crippen molar-refractivity contribution in [3.63, 3.8) is 0 Å². The largest absolute Gasteiger partial charge is 0.417 e. The van der Waals surface area contributed by atoms with Gasteiger partial charge in [0.25, 0.3) is 0 Å². The van der Waals surface area contributed by atoms with E-state index in [1.54, 1.807) is 4.90 Å². The highest BCUT2D eigenvalue weighted by Gasteiger charge is 2.37. The van der Waals surface area contributed by atoms with E-state index in [1.165, 1.54) is 0 Å². The summed E-state index contributed by atoms with van der Waals surface area (Å²) in [4.78, 5) is 22.5. The fourth-order valence-electron chi connectivity index (χ4n) is 3.31. The molecule has 9 heteroatoms. The SMILES string of the molecule is CN1CCN(C(=O)C2CCCN2c2ncc(C(F)(F)F)cc2Cl)CC1. The van der Waals surface area contributed by atoms with E-state index >= 15 is 0 Å². The lowest BCUT2D eigenvalue weighted by Crippen LogP contribution is -2.53. The van der Waals surface area contributed by atoms with Crippen molar-refractivity contribution in [2.24, 2.45) is 0 Å². The second-order valence-electron chi connectivity index (χ2n) is 6.51. The Balaban J connectivity index is 1.78. The van der Waals surface area contributed by atoms with E-state index in [0.29, 0.717) is 26.1 Å². The molecule has 0 bridgehead atoms. The molecule has 138 valence electrons. The lowest BCUT2D eigenvalue weighted by Gasteiger charge is -2.36. The van der Waals surface area contributed by atoms with E-state index in [-0.39, 0.29) is 16.7 Å². The van der Waals surface area contributed by atoms with Gasteiger partial charge in [-0.3, -0.25) is 4.79 Å². The van der Waals surface area contributed by atoms with Crippen LogP contribution in [0.15, 0.2) is 12.3 Å². The Bertz CT molecular complexity index is 647. The highest BCUT2D eigenvalue weighted by Crippen LogP contribution is 2.36. The van der Waals surface area contributed by atoms with E-state index in [0.717, 1.165) is 31.8 Å². The summed E-state index contributed by atoms with van der Waals surface area (Å²) < 4.78 is 38.3. The number of anilines is 1. The highest BCUT2D eigenvalue weighted by molar-refractivity contribution is 6.33. The molecule has 0 aliphatic carbocycles. The van der Waals surface area contributed by atoms with Crippen LogP contribution in [-0.4, -0.2) is 66.5 Å². The number of halogens is 4. The first-order valence-electron chi connectivity index (χ1n) is 8.24. The molecule has 2 aliphatic rings. The molecule has 0 saturated carbocycles. The topological polar surface area (TPSA) is 39.7 Å². The average molecular weight is 377 g/mol. The van der Waals surface area contributed by atoms with Crippen molar-refractivity contribution < 1.29 is 18.0 Å². The number of alkyl halides is 3. The van der Waals surface area contributed by atoms with Crippen molar-refractivity contribution in [2.75, 3.05) is 44.7 Å². The summed E-state index contributed by atoms with van der Waals surface area (Å²) in [5.74, 6) is 0.253. The maximum absolute atomic E-state index is 12.8. The summed E-state index contributed by atoms with van der Waals surface area (Å²) in [5.41, 5.74) is -0.887. The molecule has 1 unspecified atom stereocenters. The zero-order valence-electron chi connectivity index (χ0n) is 13.9. The number of carbonyl (C=O) groups is 1. The maximum Gasteiger partial charge on any atom is 0.417 e. The molecule has 1 aromatic rings. The molecule has 1 atom stereocenters. The molecular formula is C16H20ClF3N4O.